The van der Waals surface area contributed by atoms with E-state index in [1.165, 1.54) is 0 Å². The lowest BCUT2D eigenvalue weighted by Crippen LogP contribution is -2.76. The van der Waals surface area contributed by atoms with Crippen LogP contribution in [0.5, 0.6) is 0 Å². The molecule has 9 heteroatoms. The molecule has 3 aliphatic rings. The van der Waals surface area contributed by atoms with Crippen molar-refractivity contribution in [2.45, 2.75) is 63.9 Å². The topological polar surface area (TPSA) is 85.4 Å². The van der Waals surface area contributed by atoms with Crippen LogP contribution in [0.4, 0.5) is 4.79 Å². The van der Waals surface area contributed by atoms with Gasteiger partial charge in [0.15, 0.2) is 0 Å². The van der Waals surface area contributed by atoms with Crippen molar-refractivity contribution in [3.8, 4) is 0 Å². The molecule has 3 heterocycles. The van der Waals surface area contributed by atoms with E-state index in [1.807, 2.05) is 30.3 Å². The molecule has 1 aromatic carbocycles. The number of rotatable bonds is 7. The van der Waals surface area contributed by atoms with E-state index in [2.05, 4.69) is 12.2 Å². The van der Waals surface area contributed by atoms with Gasteiger partial charge in [0.05, 0.1) is 19.2 Å². The molecule has 0 aliphatic carbocycles. The Kier molecular flexibility index (Phi) is 7.49. The smallest absolute Gasteiger partial charge is 0.334 e. The molecule has 0 aromatic heterocycles. The number of hydrogen-bond donors (Lipinski definition) is 1. The molecule has 1 unspecified atom stereocenters. The summed E-state index contributed by atoms with van der Waals surface area (Å²) in [6.45, 7) is 4.04. The van der Waals surface area contributed by atoms with Gasteiger partial charge in [0.2, 0.25) is 11.8 Å². The zero-order valence-electron chi connectivity index (χ0n) is 19.6. The number of hydrogen-bond acceptors (Lipinski definition) is 5. The fourth-order valence-corrected chi connectivity index (χ4v) is 5.03. The van der Waals surface area contributed by atoms with Crippen LogP contribution in [-0.4, -0.2) is 89.3 Å². The molecule has 4 rings (SSSR count). The van der Waals surface area contributed by atoms with Crippen LogP contribution in [0.2, 0.25) is 0 Å². The van der Waals surface area contributed by atoms with Gasteiger partial charge in [-0.05, 0) is 24.8 Å². The average molecular weight is 458 g/mol. The third-order valence-electron chi connectivity index (χ3n) is 6.71. The second-order valence-corrected chi connectivity index (χ2v) is 9.12. The molecule has 0 spiro atoms. The largest absolute Gasteiger partial charge is 0.376 e. The monoisotopic (exact) mass is 457 g/mol. The van der Waals surface area contributed by atoms with Crippen molar-refractivity contribution < 1.29 is 19.1 Å². The second kappa shape index (κ2) is 10.5. The summed E-state index contributed by atoms with van der Waals surface area (Å²) in [7, 11) is 1.75. The summed E-state index contributed by atoms with van der Waals surface area (Å²) >= 11 is 0. The molecular weight excluding hydrogens is 422 g/mol. The fourth-order valence-electron chi connectivity index (χ4n) is 5.03. The Balaban J connectivity index is 1.56. The standard InChI is InChI=1S/C24H35N5O4/c1-3-4-12-20-23(31)27(15-19-11-8-13-33-19)16-21-28(20)22(30)17-26(2)29(21)24(32)25-14-18-9-6-5-7-10-18/h5-7,9-10,19-21H,3-4,8,11-17H2,1-2H3,(H,25,32)/t19?,20-,21-/m0/s1. The van der Waals surface area contributed by atoms with E-state index in [-0.39, 0.29) is 37.0 Å². The number of likely N-dealkylation sites (N-methyl/N-ethyl adjacent to an activating group) is 1. The molecule has 9 nitrogen and oxygen atoms in total. The minimum absolute atomic E-state index is 0.0182. The molecule has 0 radical (unpaired) electrons. The number of nitrogens with one attached hydrogen (secondary N) is 1. The molecule has 0 saturated carbocycles. The SMILES string of the molecule is CCCC[C@H]1C(=O)N(CC2CCCO2)C[C@H]2N1C(=O)CN(C)N2C(=O)NCc1ccccc1. The van der Waals surface area contributed by atoms with Gasteiger partial charge < -0.3 is 19.9 Å². The van der Waals surface area contributed by atoms with Gasteiger partial charge in [-0.15, -0.1) is 0 Å². The van der Waals surface area contributed by atoms with Crippen LogP contribution >= 0.6 is 0 Å². The van der Waals surface area contributed by atoms with Crippen LogP contribution in [0.15, 0.2) is 30.3 Å². The number of ether oxygens (including phenoxy) is 1. The van der Waals surface area contributed by atoms with Crippen molar-refractivity contribution in [3.63, 3.8) is 0 Å². The van der Waals surface area contributed by atoms with Gasteiger partial charge in [-0.1, -0.05) is 50.1 Å². The molecule has 3 fully saturated rings. The number of urea groups is 1. The molecule has 3 aliphatic heterocycles. The predicted molar refractivity (Wildman–Crippen MR) is 123 cm³/mol. The Morgan fingerprint density at radius 3 is 2.70 bits per heavy atom. The first-order valence-electron chi connectivity index (χ1n) is 12.0. The third-order valence-corrected chi connectivity index (χ3v) is 6.71. The first-order chi connectivity index (χ1) is 16.0. The van der Waals surface area contributed by atoms with E-state index in [1.54, 1.807) is 26.9 Å². The van der Waals surface area contributed by atoms with E-state index in [9.17, 15) is 14.4 Å². The molecule has 4 amide bonds. The second-order valence-electron chi connectivity index (χ2n) is 9.12. The highest BCUT2D eigenvalue weighted by Gasteiger charge is 2.50. The maximum atomic E-state index is 13.4. The van der Waals surface area contributed by atoms with Gasteiger partial charge in [0.1, 0.15) is 12.2 Å². The molecule has 33 heavy (non-hydrogen) atoms. The van der Waals surface area contributed by atoms with Gasteiger partial charge in [-0.2, -0.15) is 0 Å². The van der Waals surface area contributed by atoms with Gasteiger partial charge >= 0.3 is 6.03 Å². The molecule has 3 atom stereocenters. The molecule has 1 N–H and O–H groups in total. The van der Waals surface area contributed by atoms with Crippen LogP contribution in [0.1, 0.15) is 44.6 Å². The minimum atomic E-state index is -0.546. The summed E-state index contributed by atoms with van der Waals surface area (Å²) in [5, 5.41) is 6.26. The van der Waals surface area contributed by atoms with Crippen LogP contribution in [0, 0.1) is 0 Å². The number of hydrazine groups is 1. The quantitative estimate of drug-likeness (QED) is 0.675. The summed E-state index contributed by atoms with van der Waals surface area (Å²) in [6.07, 6.45) is 3.79. The summed E-state index contributed by atoms with van der Waals surface area (Å²) in [6, 6.07) is 8.90. The highest BCUT2D eigenvalue weighted by Crippen LogP contribution is 2.29. The summed E-state index contributed by atoms with van der Waals surface area (Å²) in [5.41, 5.74) is 0.998. The number of unbranched alkanes of at least 4 members (excludes halogenated alkanes) is 1. The van der Waals surface area contributed by atoms with E-state index in [0.29, 0.717) is 19.5 Å². The number of carbonyl (C=O) groups is 3. The van der Waals surface area contributed by atoms with E-state index < -0.39 is 12.2 Å². The highest BCUT2D eigenvalue weighted by molar-refractivity contribution is 5.91. The highest BCUT2D eigenvalue weighted by atomic mass is 16.5. The Morgan fingerprint density at radius 1 is 1.21 bits per heavy atom. The van der Waals surface area contributed by atoms with Crippen molar-refractivity contribution >= 4 is 17.8 Å². The number of amides is 4. The number of fused-ring (bicyclic) bond motifs is 1. The average Bonchev–Trinajstić information content (AvgIpc) is 3.32. The van der Waals surface area contributed by atoms with Crippen LogP contribution < -0.4 is 5.32 Å². The zero-order valence-corrected chi connectivity index (χ0v) is 19.6. The molecule has 1 aromatic rings. The van der Waals surface area contributed by atoms with Crippen molar-refractivity contribution in [2.24, 2.45) is 0 Å². The van der Waals surface area contributed by atoms with Gasteiger partial charge in [0, 0.05) is 26.7 Å². The minimum Gasteiger partial charge on any atom is -0.376 e. The Bertz CT molecular complexity index is 845. The van der Waals surface area contributed by atoms with Gasteiger partial charge in [-0.3, -0.25) is 9.59 Å². The number of piperazine rings is 1. The molecule has 180 valence electrons. The lowest BCUT2D eigenvalue weighted by atomic mass is 10.0. The van der Waals surface area contributed by atoms with Crippen LogP contribution in [0.3, 0.4) is 0 Å². The first-order valence-corrected chi connectivity index (χ1v) is 12.0. The summed E-state index contributed by atoms with van der Waals surface area (Å²) < 4.78 is 5.78. The lowest BCUT2D eigenvalue weighted by molar-refractivity contribution is -0.188. The molecular formula is C24H35N5O4. The zero-order chi connectivity index (χ0) is 23.4. The number of benzene rings is 1. The van der Waals surface area contributed by atoms with Crippen LogP contribution in [0.25, 0.3) is 0 Å². The Hall–Kier alpha value is -2.65. The van der Waals surface area contributed by atoms with E-state index >= 15 is 0 Å². The van der Waals surface area contributed by atoms with Crippen LogP contribution in [-0.2, 0) is 20.9 Å². The predicted octanol–water partition coefficient (Wildman–Crippen LogP) is 1.79. The first kappa shape index (κ1) is 23.5. The summed E-state index contributed by atoms with van der Waals surface area (Å²) in [5.74, 6) is -0.140. The maximum Gasteiger partial charge on any atom is 0.334 e. The lowest BCUT2D eigenvalue weighted by Gasteiger charge is -2.54. The molecule has 0 bridgehead atoms. The summed E-state index contributed by atoms with van der Waals surface area (Å²) in [4.78, 5) is 43.3. The van der Waals surface area contributed by atoms with Gasteiger partial charge in [-0.25, -0.2) is 14.8 Å². The number of nitrogens with zero attached hydrogens (tertiary/aromatic N) is 4. The van der Waals surface area contributed by atoms with Gasteiger partial charge in [0.25, 0.3) is 0 Å². The van der Waals surface area contributed by atoms with Crippen molar-refractivity contribution in [1.29, 1.82) is 0 Å². The Morgan fingerprint density at radius 2 is 2.00 bits per heavy atom. The van der Waals surface area contributed by atoms with Crippen molar-refractivity contribution in [3.05, 3.63) is 35.9 Å². The fraction of sp³-hybridized carbons (Fsp3) is 0.625. The Labute approximate surface area is 195 Å². The van der Waals surface area contributed by atoms with Crippen molar-refractivity contribution in [2.75, 3.05) is 33.3 Å². The normalized spacial score (nSPS) is 26.0. The number of carbonyl (C=O) groups excluding carboxylic acids is 3. The van der Waals surface area contributed by atoms with Crippen molar-refractivity contribution in [1.82, 2.24) is 25.1 Å². The van der Waals surface area contributed by atoms with E-state index in [0.717, 1.165) is 37.9 Å². The third kappa shape index (κ3) is 5.14. The molecule has 3 saturated heterocycles. The van der Waals surface area contributed by atoms with E-state index in [4.69, 9.17) is 4.74 Å². The maximum absolute atomic E-state index is 13.4.